The number of hydrogen-bond acceptors (Lipinski definition) is 1. The molecule has 0 aliphatic carbocycles. The highest BCUT2D eigenvalue weighted by molar-refractivity contribution is 9.10. The zero-order valence-electron chi connectivity index (χ0n) is 9.41. The maximum atomic E-state index is 9.36. The smallest absolute Gasteiger partial charge is 0.0465 e. The third-order valence-corrected chi connectivity index (χ3v) is 3.90. The van der Waals surface area contributed by atoms with Crippen molar-refractivity contribution >= 4 is 15.9 Å². The number of rotatable bonds is 5. The van der Waals surface area contributed by atoms with E-state index < -0.39 is 0 Å². The normalized spacial score (nSPS) is 14.9. The van der Waals surface area contributed by atoms with Gasteiger partial charge < -0.3 is 5.11 Å². The zero-order valence-corrected chi connectivity index (χ0v) is 11.0. The Morgan fingerprint density at radius 2 is 2.00 bits per heavy atom. The number of aliphatic hydroxyl groups excluding tert-OH is 1. The molecule has 2 heteroatoms. The molecule has 0 fully saturated rings. The monoisotopic (exact) mass is 270 g/mol. The van der Waals surface area contributed by atoms with Gasteiger partial charge in [-0.05, 0) is 29.9 Å². The van der Waals surface area contributed by atoms with Crippen LogP contribution in [0.3, 0.4) is 0 Å². The van der Waals surface area contributed by atoms with Crippen LogP contribution in [-0.4, -0.2) is 11.7 Å². The molecule has 1 aromatic carbocycles. The van der Waals surface area contributed by atoms with Crippen molar-refractivity contribution in [1.29, 1.82) is 0 Å². The minimum absolute atomic E-state index is 0.274. The second-order valence-electron chi connectivity index (χ2n) is 4.12. The summed E-state index contributed by atoms with van der Waals surface area (Å²) < 4.78 is 1.15. The van der Waals surface area contributed by atoms with Gasteiger partial charge in [-0.25, -0.2) is 0 Å². The van der Waals surface area contributed by atoms with E-state index in [2.05, 4.69) is 41.9 Å². The topological polar surface area (TPSA) is 20.2 Å². The van der Waals surface area contributed by atoms with E-state index in [9.17, 15) is 5.11 Å². The largest absolute Gasteiger partial charge is 0.396 e. The molecular weight excluding hydrogens is 252 g/mol. The summed E-state index contributed by atoms with van der Waals surface area (Å²) in [7, 11) is 0. The van der Waals surface area contributed by atoms with Crippen LogP contribution in [0.1, 0.15) is 25.8 Å². The lowest BCUT2D eigenvalue weighted by Crippen LogP contribution is -2.18. The van der Waals surface area contributed by atoms with E-state index in [1.807, 2.05) is 12.1 Å². The predicted octanol–water partition coefficient (Wildman–Crippen LogP) is 3.65. The highest BCUT2D eigenvalue weighted by Gasteiger charge is 2.16. The summed E-state index contributed by atoms with van der Waals surface area (Å²) >= 11 is 3.54. The van der Waals surface area contributed by atoms with Gasteiger partial charge in [0.05, 0.1) is 0 Å². The van der Waals surface area contributed by atoms with Crippen molar-refractivity contribution < 1.29 is 5.11 Å². The number of halogens is 1. The van der Waals surface area contributed by atoms with E-state index in [1.54, 1.807) is 0 Å². The molecule has 0 radical (unpaired) electrons. The third-order valence-electron chi connectivity index (χ3n) is 3.12. The van der Waals surface area contributed by atoms with Crippen LogP contribution in [0.4, 0.5) is 0 Å². The quantitative estimate of drug-likeness (QED) is 0.866. The van der Waals surface area contributed by atoms with Crippen molar-refractivity contribution in [1.82, 2.24) is 0 Å². The van der Waals surface area contributed by atoms with Crippen LogP contribution in [-0.2, 0) is 6.42 Å². The van der Waals surface area contributed by atoms with Crippen molar-refractivity contribution in [2.24, 2.45) is 11.8 Å². The summed E-state index contributed by atoms with van der Waals surface area (Å²) in [6.07, 6.45) is 2.07. The molecular formula is C13H19BrO. The van der Waals surface area contributed by atoms with E-state index >= 15 is 0 Å². The van der Waals surface area contributed by atoms with Gasteiger partial charge in [-0.15, -0.1) is 0 Å². The molecule has 1 N–H and O–H groups in total. The Morgan fingerprint density at radius 3 is 2.53 bits per heavy atom. The molecule has 0 amide bonds. The molecule has 2 unspecified atom stereocenters. The zero-order chi connectivity index (χ0) is 11.3. The molecule has 0 bridgehead atoms. The van der Waals surface area contributed by atoms with Crippen LogP contribution in [0.25, 0.3) is 0 Å². The number of benzene rings is 1. The predicted molar refractivity (Wildman–Crippen MR) is 67.9 cm³/mol. The molecule has 84 valence electrons. The highest BCUT2D eigenvalue weighted by atomic mass is 79.9. The van der Waals surface area contributed by atoms with Gasteiger partial charge in [-0.1, -0.05) is 54.4 Å². The third kappa shape index (κ3) is 3.62. The second-order valence-corrected chi connectivity index (χ2v) is 4.98. The summed E-state index contributed by atoms with van der Waals surface area (Å²) in [4.78, 5) is 0. The average molecular weight is 271 g/mol. The van der Waals surface area contributed by atoms with Crippen LogP contribution in [0.2, 0.25) is 0 Å². The van der Waals surface area contributed by atoms with E-state index in [0.29, 0.717) is 11.8 Å². The summed E-state index contributed by atoms with van der Waals surface area (Å²) in [5.74, 6) is 0.941. The van der Waals surface area contributed by atoms with Crippen LogP contribution in [0.5, 0.6) is 0 Å². The molecule has 0 saturated carbocycles. The van der Waals surface area contributed by atoms with Crippen molar-refractivity contribution in [3.63, 3.8) is 0 Å². The molecule has 1 nitrogen and oxygen atoms in total. The van der Waals surface area contributed by atoms with Gasteiger partial charge >= 0.3 is 0 Å². The first-order valence-corrected chi connectivity index (χ1v) is 6.32. The van der Waals surface area contributed by atoms with Crippen LogP contribution < -0.4 is 0 Å². The molecule has 1 rings (SSSR count). The first-order chi connectivity index (χ1) is 7.19. The Hall–Kier alpha value is -0.340. The molecule has 15 heavy (non-hydrogen) atoms. The summed E-state index contributed by atoms with van der Waals surface area (Å²) in [5, 5.41) is 9.36. The molecule has 0 spiro atoms. The van der Waals surface area contributed by atoms with Gasteiger partial charge in [0.2, 0.25) is 0 Å². The molecule has 0 aromatic heterocycles. The van der Waals surface area contributed by atoms with Crippen LogP contribution in [0.15, 0.2) is 28.7 Å². The fourth-order valence-corrected chi connectivity index (χ4v) is 2.17. The molecule has 1 aromatic rings. The SMILES string of the molecule is CCC(C)C(CO)Cc1ccccc1Br. The van der Waals surface area contributed by atoms with Gasteiger partial charge in [-0.3, -0.25) is 0 Å². The van der Waals surface area contributed by atoms with Crippen molar-refractivity contribution in [2.45, 2.75) is 26.7 Å². The summed E-state index contributed by atoms with van der Waals surface area (Å²) in [6, 6.07) is 8.24. The van der Waals surface area contributed by atoms with E-state index in [-0.39, 0.29) is 6.61 Å². The van der Waals surface area contributed by atoms with Gasteiger partial charge in [0.25, 0.3) is 0 Å². The molecule has 2 atom stereocenters. The van der Waals surface area contributed by atoms with E-state index in [4.69, 9.17) is 0 Å². The standard InChI is InChI=1S/C13H19BrO/c1-3-10(2)12(9-15)8-11-6-4-5-7-13(11)14/h4-7,10,12,15H,3,8-9H2,1-2H3. The first-order valence-electron chi connectivity index (χ1n) is 5.53. The molecule has 0 heterocycles. The number of hydrogen-bond donors (Lipinski definition) is 1. The fraction of sp³-hybridized carbons (Fsp3) is 0.538. The van der Waals surface area contributed by atoms with Gasteiger partial charge in [-0.2, -0.15) is 0 Å². The Balaban J connectivity index is 2.71. The molecule has 0 aliphatic rings. The molecule has 0 aliphatic heterocycles. The Bertz CT molecular complexity index is 298. The van der Waals surface area contributed by atoms with Gasteiger partial charge in [0.15, 0.2) is 0 Å². The van der Waals surface area contributed by atoms with Crippen LogP contribution in [0, 0.1) is 11.8 Å². The highest BCUT2D eigenvalue weighted by Crippen LogP contribution is 2.24. The van der Waals surface area contributed by atoms with Crippen molar-refractivity contribution in [3.8, 4) is 0 Å². The minimum Gasteiger partial charge on any atom is -0.396 e. The maximum absolute atomic E-state index is 9.36. The second kappa shape index (κ2) is 6.29. The summed E-state index contributed by atoms with van der Waals surface area (Å²) in [5.41, 5.74) is 1.29. The Labute approximate surface area is 101 Å². The Kier molecular flexibility index (Phi) is 5.34. The first kappa shape index (κ1) is 12.7. The van der Waals surface area contributed by atoms with Crippen molar-refractivity contribution in [2.75, 3.05) is 6.61 Å². The van der Waals surface area contributed by atoms with Crippen LogP contribution >= 0.6 is 15.9 Å². The average Bonchev–Trinajstić information content (AvgIpc) is 2.27. The van der Waals surface area contributed by atoms with E-state index in [1.165, 1.54) is 5.56 Å². The lowest BCUT2D eigenvalue weighted by atomic mass is 9.87. The molecule has 0 saturated heterocycles. The Morgan fingerprint density at radius 1 is 1.33 bits per heavy atom. The minimum atomic E-state index is 0.274. The summed E-state index contributed by atoms with van der Waals surface area (Å²) in [6.45, 7) is 4.65. The van der Waals surface area contributed by atoms with Gasteiger partial charge in [0.1, 0.15) is 0 Å². The van der Waals surface area contributed by atoms with Crippen molar-refractivity contribution in [3.05, 3.63) is 34.3 Å². The lowest BCUT2D eigenvalue weighted by Gasteiger charge is -2.21. The van der Waals surface area contributed by atoms with Gasteiger partial charge in [0, 0.05) is 11.1 Å². The fourth-order valence-electron chi connectivity index (χ4n) is 1.73. The number of aliphatic hydroxyl groups is 1. The van der Waals surface area contributed by atoms with E-state index in [0.717, 1.165) is 17.3 Å². The lowest BCUT2D eigenvalue weighted by molar-refractivity contribution is 0.179. The maximum Gasteiger partial charge on any atom is 0.0465 e.